The molecule has 0 amide bonds. The highest BCUT2D eigenvalue weighted by Gasteiger charge is 2.08. The number of aliphatic hydroxyl groups excluding tert-OH is 1. The molecule has 0 unspecified atom stereocenters. The van der Waals surface area contributed by atoms with Gasteiger partial charge in [-0.3, -0.25) is 0 Å². The molecule has 0 saturated carbocycles. The molecule has 2 N–H and O–H groups in total. The van der Waals surface area contributed by atoms with Gasteiger partial charge in [0.25, 0.3) is 0 Å². The quantitative estimate of drug-likeness (QED) is 0.805. The standard InChI is InChI=1S/C12H18ClNO2/c1-9(6-7-15)14-8-10-11(13)4-3-5-12(10)16-2/h3-5,9,14-15H,6-8H2,1-2H3/t9-/m1/s1. The van der Waals surface area contributed by atoms with Crippen LogP contribution in [0.4, 0.5) is 0 Å². The third-order valence-electron chi connectivity index (χ3n) is 2.49. The molecule has 0 aliphatic heterocycles. The number of rotatable bonds is 6. The summed E-state index contributed by atoms with van der Waals surface area (Å²) in [4.78, 5) is 0. The lowest BCUT2D eigenvalue weighted by molar-refractivity contribution is 0.268. The molecular formula is C12H18ClNO2. The Morgan fingerprint density at radius 2 is 2.25 bits per heavy atom. The van der Waals surface area contributed by atoms with Crippen LogP contribution < -0.4 is 10.1 Å². The number of aliphatic hydroxyl groups is 1. The van der Waals surface area contributed by atoms with Crippen molar-refractivity contribution in [3.05, 3.63) is 28.8 Å². The van der Waals surface area contributed by atoms with Gasteiger partial charge in [-0.25, -0.2) is 0 Å². The van der Waals surface area contributed by atoms with Crippen LogP contribution in [0.15, 0.2) is 18.2 Å². The second kappa shape index (κ2) is 6.74. The zero-order valence-corrected chi connectivity index (χ0v) is 10.4. The molecule has 4 heteroatoms. The third-order valence-corrected chi connectivity index (χ3v) is 2.84. The summed E-state index contributed by atoms with van der Waals surface area (Å²) >= 11 is 6.10. The second-order valence-electron chi connectivity index (χ2n) is 3.71. The lowest BCUT2D eigenvalue weighted by Gasteiger charge is -2.15. The molecule has 3 nitrogen and oxygen atoms in total. The van der Waals surface area contributed by atoms with Crippen LogP contribution in [-0.4, -0.2) is 24.9 Å². The largest absolute Gasteiger partial charge is 0.496 e. The number of halogens is 1. The SMILES string of the molecule is COc1cccc(Cl)c1CN[C@H](C)CCO. The number of ether oxygens (including phenoxy) is 1. The molecule has 1 rings (SSSR count). The Bertz CT molecular complexity index is 331. The lowest BCUT2D eigenvalue weighted by Crippen LogP contribution is -2.26. The Morgan fingerprint density at radius 3 is 2.88 bits per heavy atom. The zero-order valence-electron chi connectivity index (χ0n) is 9.66. The minimum atomic E-state index is 0.188. The fourth-order valence-corrected chi connectivity index (χ4v) is 1.71. The minimum absolute atomic E-state index is 0.188. The highest BCUT2D eigenvalue weighted by molar-refractivity contribution is 6.31. The molecule has 0 fully saturated rings. The van der Waals surface area contributed by atoms with E-state index in [1.165, 1.54) is 0 Å². The van der Waals surface area contributed by atoms with Gasteiger partial charge in [-0.05, 0) is 25.5 Å². The summed E-state index contributed by atoms with van der Waals surface area (Å²) in [7, 11) is 1.63. The van der Waals surface area contributed by atoms with E-state index in [2.05, 4.69) is 5.32 Å². The van der Waals surface area contributed by atoms with Crippen LogP contribution in [0.25, 0.3) is 0 Å². The van der Waals surface area contributed by atoms with Gasteiger partial charge in [-0.1, -0.05) is 17.7 Å². The molecule has 0 heterocycles. The van der Waals surface area contributed by atoms with Crippen molar-refractivity contribution in [2.75, 3.05) is 13.7 Å². The van der Waals surface area contributed by atoms with Gasteiger partial charge in [-0.15, -0.1) is 0 Å². The summed E-state index contributed by atoms with van der Waals surface area (Å²) in [5.74, 6) is 0.788. The van der Waals surface area contributed by atoms with Gasteiger partial charge in [0.05, 0.1) is 7.11 Å². The number of hydrogen-bond acceptors (Lipinski definition) is 3. The molecule has 0 bridgehead atoms. The van der Waals surface area contributed by atoms with Gasteiger partial charge in [-0.2, -0.15) is 0 Å². The average molecular weight is 244 g/mol. The third kappa shape index (κ3) is 3.67. The van der Waals surface area contributed by atoms with Crippen molar-refractivity contribution in [3.63, 3.8) is 0 Å². The van der Waals surface area contributed by atoms with Gasteiger partial charge in [0.2, 0.25) is 0 Å². The molecule has 1 aromatic carbocycles. The molecule has 0 aliphatic rings. The van der Waals surface area contributed by atoms with Crippen LogP contribution in [0.5, 0.6) is 5.75 Å². The van der Waals surface area contributed by atoms with Crippen LogP contribution in [0.2, 0.25) is 5.02 Å². The number of nitrogens with one attached hydrogen (secondary N) is 1. The van der Waals surface area contributed by atoms with Crippen molar-refractivity contribution in [1.82, 2.24) is 5.32 Å². The van der Waals surface area contributed by atoms with E-state index in [9.17, 15) is 0 Å². The predicted molar refractivity (Wildman–Crippen MR) is 66.0 cm³/mol. The minimum Gasteiger partial charge on any atom is -0.496 e. The highest BCUT2D eigenvalue weighted by atomic mass is 35.5. The van der Waals surface area contributed by atoms with E-state index in [1.807, 2.05) is 25.1 Å². The van der Waals surface area contributed by atoms with Gasteiger partial charge >= 0.3 is 0 Å². The van der Waals surface area contributed by atoms with Gasteiger partial charge in [0.15, 0.2) is 0 Å². The Morgan fingerprint density at radius 1 is 1.50 bits per heavy atom. The summed E-state index contributed by atoms with van der Waals surface area (Å²) in [6.07, 6.45) is 0.729. The van der Waals surface area contributed by atoms with Gasteiger partial charge in [0, 0.05) is 29.8 Å². The van der Waals surface area contributed by atoms with E-state index in [0.29, 0.717) is 11.6 Å². The molecule has 90 valence electrons. The van der Waals surface area contributed by atoms with E-state index < -0.39 is 0 Å². The molecule has 16 heavy (non-hydrogen) atoms. The monoisotopic (exact) mass is 243 g/mol. The molecule has 1 aromatic rings. The predicted octanol–water partition coefficient (Wildman–Crippen LogP) is 2.21. The fraction of sp³-hybridized carbons (Fsp3) is 0.500. The number of methoxy groups -OCH3 is 1. The average Bonchev–Trinajstić information content (AvgIpc) is 2.27. The van der Waals surface area contributed by atoms with Gasteiger partial charge < -0.3 is 15.2 Å². The first-order valence-electron chi connectivity index (χ1n) is 5.34. The van der Waals surface area contributed by atoms with Crippen molar-refractivity contribution in [3.8, 4) is 5.75 Å². The van der Waals surface area contributed by atoms with Crippen LogP contribution in [0.1, 0.15) is 18.9 Å². The van der Waals surface area contributed by atoms with Crippen LogP contribution in [0, 0.1) is 0 Å². The van der Waals surface area contributed by atoms with E-state index in [1.54, 1.807) is 7.11 Å². The highest BCUT2D eigenvalue weighted by Crippen LogP contribution is 2.25. The molecule has 0 aliphatic carbocycles. The topological polar surface area (TPSA) is 41.5 Å². The first kappa shape index (κ1) is 13.3. The summed E-state index contributed by atoms with van der Waals surface area (Å²) in [6.45, 7) is 2.86. The molecule has 0 radical (unpaired) electrons. The Labute approximate surface area is 101 Å². The first-order valence-corrected chi connectivity index (χ1v) is 5.72. The Kier molecular flexibility index (Phi) is 5.60. The van der Waals surface area contributed by atoms with Crippen molar-refractivity contribution >= 4 is 11.6 Å². The number of benzene rings is 1. The maximum Gasteiger partial charge on any atom is 0.124 e. The number of hydrogen-bond donors (Lipinski definition) is 2. The summed E-state index contributed by atoms with van der Waals surface area (Å²) in [5, 5.41) is 12.8. The van der Waals surface area contributed by atoms with Crippen molar-refractivity contribution < 1.29 is 9.84 Å². The molecular weight excluding hydrogens is 226 g/mol. The maximum atomic E-state index is 8.80. The van der Waals surface area contributed by atoms with E-state index in [-0.39, 0.29) is 12.6 Å². The van der Waals surface area contributed by atoms with Gasteiger partial charge in [0.1, 0.15) is 5.75 Å². The molecule has 0 spiro atoms. The van der Waals surface area contributed by atoms with E-state index in [0.717, 1.165) is 17.7 Å². The van der Waals surface area contributed by atoms with Crippen molar-refractivity contribution in [2.24, 2.45) is 0 Å². The second-order valence-corrected chi connectivity index (χ2v) is 4.12. The van der Waals surface area contributed by atoms with Crippen molar-refractivity contribution in [2.45, 2.75) is 25.9 Å². The molecule has 0 aromatic heterocycles. The Hall–Kier alpha value is -0.770. The van der Waals surface area contributed by atoms with E-state index in [4.69, 9.17) is 21.4 Å². The summed E-state index contributed by atoms with van der Waals surface area (Å²) in [6, 6.07) is 5.85. The summed E-state index contributed by atoms with van der Waals surface area (Å²) in [5.41, 5.74) is 0.955. The van der Waals surface area contributed by atoms with Crippen molar-refractivity contribution in [1.29, 1.82) is 0 Å². The zero-order chi connectivity index (χ0) is 12.0. The lowest BCUT2D eigenvalue weighted by atomic mass is 10.1. The van der Waals surface area contributed by atoms with Crippen LogP contribution in [0.3, 0.4) is 0 Å². The Balaban J connectivity index is 2.65. The summed E-state index contributed by atoms with van der Waals surface area (Å²) < 4.78 is 5.24. The van der Waals surface area contributed by atoms with Crippen LogP contribution >= 0.6 is 11.6 Å². The smallest absolute Gasteiger partial charge is 0.124 e. The molecule has 1 atom stereocenters. The van der Waals surface area contributed by atoms with Crippen LogP contribution in [-0.2, 0) is 6.54 Å². The fourth-order valence-electron chi connectivity index (χ4n) is 1.47. The first-order chi connectivity index (χ1) is 7.69. The molecule has 0 saturated heterocycles. The normalized spacial score (nSPS) is 12.5. The van der Waals surface area contributed by atoms with E-state index >= 15 is 0 Å². The maximum absolute atomic E-state index is 8.80.